The first kappa shape index (κ1) is 10.7. The van der Waals surface area contributed by atoms with Crippen LogP contribution in [-0.2, 0) is 0 Å². The number of nitrogens with one attached hydrogen (secondary N) is 1. The van der Waals surface area contributed by atoms with Crippen LogP contribution in [0.3, 0.4) is 0 Å². The summed E-state index contributed by atoms with van der Waals surface area (Å²) in [6.07, 6.45) is 1.25. The van der Waals surface area contributed by atoms with Crippen molar-refractivity contribution in [2.24, 2.45) is 0 Å². The van der Waals surface area contributed by atoms with Gasteiger partial charge < -0.3 is 14.8 Å². The lowest BCUT2D eigenvalue weighted by molar-refractivity contribution is 0.0405. The molecule has 0 saturated carbocycles. The van der Waals surface area contributed by atoms with Crippen molar-refractivity contribution < 1.29 is 9.52 Å². The third-order valence-electron chi connectivity index (χ3n) is 2.84. The number of furan rings is 1. The molecule has 1 aromatic rings. The van der Waals surface area contributed by atoms with Crippen LogP contribution < -0.4 is 5.32 Å². The Kier molecular flexibility index (Phi) is 3.41. The van der Waals surface area contributed by atoms with Gasteiger partial charge in [-0.15, -0.1) is 0 Å². The predicted molar refractivity (Wildman–Crippen MR) is 57.6 cm³/mol. The Balaban J connectivity index is 2.12. The normalized spacial score (nSPS) is 22.5. The molecule has 84 valence electrons. The van der Waals surface area contributed by atoms with Crippen molar-refractivity contribution in [1.29, 1.82) is 0 Å². The van der Waals surface area contributed by atoms with Gasteiger partial charge in [-0.1, -0.05) is 0 Å². The minimum Gasteiger partial charge on any atom is -0.468 e. The second-order valence-electron chi connectivity index (χ2n) is 3.99. The van der Waals surface area contributed by atoms with Gasteiger partial charge in [-0.2, -0.15) is 0 Å². The maximum absolute atomic E-state index is 9.81. The van der Waals surface area contributed by atoms with Gasteiger partial charge in [0.15, 0.2) is 0 Å². The molecule has 1 saturated heterocycles. The van der Waals surface area contributed by atoms with Crippen LogP contribution in [0.4, 0.5) is 0 Å². The first-order chi connectivity index (χ1) is 7.29. The van der Waals surface area contributed by atoms with E-state index in [4.69, 9.17) is 4.42 Å². The van der Waals surface area contributed by atoms with Crippen LogP contribution in [0.2, 0.25) is 0 Å². The third kappa shape index (κ3) is 2.40. The molecular weight excluding hydrogens is 192 g/mol. The second kappa shape index (κ2) is 4.79. The molecule has 0 radical (unpaired) electrons. The fraction of sp³-hybridized carbons (Fsp3) is 0.636. The Labute approximate surface area is 89.9 Å². The average Bonchev–Trinajstić information content (AvgIpc) is 2.72. The molecule has 1 aromatic heterocycles. The van der Waals surface area contributed by atoms with Crippen molar-refractivity contribution in [1.82, 2.24) is 10.2 Å². The summed E-state index contributed by atoms with van der Waals surface area (Å²) in [7, 11) is 0. The molecule has 1 aliphatic heterocycles. The van der Waals surface area contributed by atoms with Gasteiger partial charge in [0, 0.05) is 26.2 Å². The standard InChI is InChI=1S/C11H18N2O2/c1-9(14)11(10-3-2-8-15-10)13-6-4-12-5-7-13/h2-3,8-9,11-12,14H,4-7H2,1H3. The number of aliphatic hydroxyl groups excluding tert-OH is 1. The molecule has 2 unspecified atom stereocenters. The van der Waals surface area contributed by atoms with Crippen LogP contribution in [-0.4, -0.2) is 42.3 Å². The number of nitrogens with zero attached hydrogens (tertiary/aromatic N) is 1. The number of hydrogen-bond acceptors (Lipinski definition) is 4. The molecule has 2 rings (SSSR count). The highest BCUT2D eigenvalue weighted by Crippen LogP contribution is 2.24. The van der Waals surface area contributed by atoms with E-state index >= 15 is 0 Å². The van der Waals surface area contributed by atoms with E-state index in [9.17, 15) is 5.11 Å². The van der Waals surface area contributed by atoms with Crippen molar-refractivity contribution in [3.05, 3.63) is 24.2 Å². The van der Waals surface area contributed by atoms with Crippen LogP contribution in [0.1, 0.15) is 18.7 Å². The number of aliphatic hydroxyl groups is 1. The summed E-state index contributed by atoms with van der Waals surface area (Å²) in [6, 6.07) is 3.79. The molecule has 15 heavy (non-hydrogen) atoms. The monoisotopic (exact) mass is 210 g/mol. The Morgan fingerprint density at radius 2 is 2.20 bits per heavy atom. The zero-order valence-corrected chi connectivity index (χ0v) is 9.02. The van der Waals surface area contributed by atoms with Crippen molar-refractivity contribution in [3.8, 4) is 0 Å². The molecule has 0 aromatic carbocycles. The van der Waals surface area contributed by atoms with Crippen LogP contribution in [0.25, 0.3) is 0 Å². The lowest BCUT2D eigenvalue weighted by atomic mass is 10.1. The largest absolute Gasteiger partial charge is 0.468 e. The first-order valence-corrected chi connectivity index (χ1v) is 5.45. The summed E-state index contributed by atoms with van der Waals surface area (Å²) in [5, 5.41) is 13.1. The third-order valence-corrected chi connectivity index (χ3v) is 2.84. The Morgan fingerprint density at radius 3 is 2.73 bits per heavy atom. The van der Waals surface area contributed by atoms with Gasteiger partial charge in [0.25, 0.3) is 0 Å². The molecular formula is C11H18N2O2. The number of rotatable bonds is 3. The number of hydrogen-bond donors (Lipinski definition) is 2. The van der Waals surface area contributed by atoms with Crippen LogP contribution in [0.5, 0.6) is 0 Å². The predicted octanol–water partition coefficient (Wildman–Crippen LogP) is 0.607. The van der Waals surface area contributed by atoms with Crippen molar-refractivity contribution >= 4 is 0 Å². The molecule has 0 bridgehead atoms. The van der Waals surface area contributed by atoms with E-state index in [0.717, 1.165) is 31.9 Å². The molecule has 0 aliphatic carbocycles. The molecule has 2 heterocycles. The van der Waals surface area contributed by atoms with Gasteiger partial charge in [0.1, 0.15) is 5.76 Å². The molecule has 2 N–H and O–H groups in total. The number of piperazine rings is 1. The van der Waals surface area contributed by atoms with E-state index in [1.54, 1.807) is 6.26 Å². The molecule has 1 aliphatic rings. The van der Waals surface area contributed by atoms with E-state index in [-0.39, 0.29) is 6.04 Å². The van der Waals surface area contributed by atoms with Gasteiger partial charge in [0.2, 0.25) is 0 Å². The van der Waals surface area contributed by atoms with Gasteiger partial charge in [0.05, 0.1) is 18.4 Å². The highest BCUT2D eigenvalue weighted by Gasteiger charge is 2.27. The lowest BCUT2D eigenvalue weighted by Crippen LogP contribution is -2.47. The van der Waals surface area contributed by atoms with Crippen molar-refractivity contribution in [2.45, 2.75) is 19.1 Å². The molecule has 0 spiro atoms. The zero-order chi connectivity index (χ0) is 10.7. The van der Waals surface area contributed by atoms with Crippen LogP contribution in [0, 0.1) is 0 Å². The first-order valence-electron chi connectivity index (χ1n) is 5.45. The summed E-state index contributed by atoms with van der Waals surface area (Å²) in [6.45, 7) is 5.68. The van der Waals surface area contributed by atoms with E-state index < -0.39 is 6.10 Å². The van der Waals surface area contributed by atoms with E-state index in [2.05, 4.69) is 10.2 Å². The fourth-order valence-corrected chi connectivity index (χ4v) is 2.14. The van der Waals surface area contributed by atoms with Crippen molar-refractivity contribution in [2.75, 3.05) is 26.2 Å². The highest BCUT2D eigenvalue weighted by molar-refractivity contribution is 5.07. The van der Waals surface area contributed by atoms with Crippen LogP contribution >= 0.6 is 0 Å². The molecule has 0 amide bonds. The Bertz CT molecular complexity index is 279. The molecule has 4 nitrogen and oxygen atoms in total. The topological polar surface area (TPSA) is 48.6 Å². The molecule has 1 fully saturated rings. The summed E-state index contributed by atoms with van der Waals surface area (Å²) in [4.78, 5) is 2.26. The quantitative estimate of drug-likeness (QED) is 0.767. The van der Waals surface area contributed by atoms with Gasteiger partial charge >= 0.3 is 0 Å². The summed E-state index contributed by atoms with van der Waals surface area (Å²) < 4.78 is 5.39. The van der Waals surface area contributed by atoms with E-state index in [1.807, 2.05) is 19.1 Å². The van der Waals surface area contributed by atoms with E-state index in [1.165, 1.54) is 0 Å². The Morgan fingerprint density at radius 1 is 1.47 bits per heavy atom. The summed E-state index contributed by atoms with van der Waals surface area (Å²) in [5.74, 6) is 0.854. The lowest BCUT2D eigenvalue weighted by Gasteiger charge is -2.35. The molecule has 2 atom stereocenters. The molecule has 4 heteroatoms. The Hall–Kier alpha value is -0.840. The SMILES string of the molecule is CC(O)C(c1ccco1)N1CCNCC1. The van der Waals surface area contributed by atoms with E-state index in [0.29, 0.717) is 0 Å². The van der Waals surface area contributed by atoms with Gasteiger partial charge in [-0.25, -0.2) is 0 Å². The average molecular weight is 210 g/mol. The second-order valence-corrected chi connectivity index (χ2v) is 3.99. The zero-order valence-electron chi connectivity index (χ0n) is 9.02. The minimum absolute atomic E-state index is 0.0119. The summed E-state index contributed by atoms with van der Waals surface area (Å²) >= 11 is 0. The van der Waals surface area contributed by atoms with Crippen molar-refractivity contribution in [3.63, 3.8) is 0 Å². The highest BCUT2D eigenvalue weighted by atomic mass is 16.3. The van der Waals surface area contributed by atoms with Crippen LogP contribution in [0.15, 0.2) is 22.8 Å². The minimum atomic E-state index is -0.408. The maximum Gasteiger partial charge on any atom is 0.123 e. The van der Waals surface area contributed by atoms with Gasteiger partial charge in [-0.3, -0.25) is 4.90 Å². The fourth-order valence-electron chi connectivity index (χ4n) is 2.14. The maximum atomic E-state index is 9.81. The summed E-state index contributed by atoms with van der Waals surface area (Å²) in [5.41, 5.74) is 0. The van der Waals surface area contributed by atoms with Gasteiger partial charge in [-0.05, 0) is 19.1 Å². The smallest absolute Gasteiger partial charge is 0.123 e.